The first-order chi connectivity index (χ1) is 14.1. The van der Waals surface area contributed by atoms with Gasteiger partial charge in [-0.2, -0.15) is 0 Å². The molecule has 0 bridgehead atoms. The predicted molar refractivity (Wildman–Crippen MR) is 116 cm³/mol. The Balaban J connectivity index is 1.63. The zero-order chi connectivity index (χ0) is 20.2. The van der Waals surface area contributed by atoms with Crippen LogP contribution in [0.25, 0.3) is 0 Å². The first-order valence-electron chi connectivity index (χ1n) is 10.0. The molecule has 4 nitrogen and oxygen atoms in total. The molecular formula is C25H26N2O2. The average molecular weight is 386 g/mol. The van der Waals surface area contributed by atoms with E-state index in [4.69, 9.17) is 4.74 Å². The largest absolute Gasteiger partial charge is 0.493 e. The van der Waals surface area contributed by atoms with Gasteiger partial charge in [0.05, 0.1) is 6.61 Å². The Morgan fingerprint density at radius 2 is 1.76 bits per heavy atom. The Kier molecular flexibility index (Phi) is 5.63. The number of amides is 1. The molecule has 3 aromatic carbocycles. The highest BCUT2D eigenvalue weighted by molar-refractivity contribution is 5.96. The Hall–Kier alpha value is -3.11. The molecule has 0 saturated carbocycles. The lowest BCUT2D eigenvalue weighted by Crippen LogP contribution is -2.37. The van der Waals surface area contributed by atoms with Crippen LogP contribution >= 0.6 is 0 Å². The fourth-order valence-corrected chi connectivity index (χ4v) is 3.76. The molecule has 0 unspecified atom stereocenters. The molecule has 3 aromatic rings. The molecule has 0 spiro atoms. The maximum absolute atomic E-state index is 13.4. The molecule has 1 amide bonds. The number of aryl methyl sites for hydroxylation is 2. The highest BCUT2D eigenvalue weighted by Gasteiger charge is 2.28. The SMILES string of the molecule is Cc1ccc(C)c(NC(=O)[C@@H](N[C@H]2CCOc3ccccc32)c2ccccc2)c1. The lowest BCUT2D eigenvalue weighted by atomic mass is 9.97. The van der Waals surface area contributed by atoms with Crippen molar-refractivity contribution in [1.29, 1.82) is 0 Å². The topological polar surface area (TPSA) is 50.4 Å². The van der Waals surface area contributed by atoms with E-state index in [1.165, 1.54) is 0 Å². The van der Waals surface area contributed by atoms with Gasteiger partial charge in [-0.3, -0.25) is 10.1 Å². The summed E-state index contributed by atoms with van der Waals surface area (Å²) in [6.45, 7) is 4.67. The number of ether oxygens (including phenoxy) is 1. The van der Waals surface area contributed by atoms with Gasteiger partial charge in [0.2, 0.25) is 5.91 Å². The monoisotopic (exact) mass is 386 g/mol. The number of nitrogens with one attached hydrogen (secondary N) is 2. The van der Waals surface area contributed by atoms with Crippen LogP contribution in [-0.2, 0) is 4.79 Å². The molecule has 148 valence electrons. The summed E-state index contributed by atoms with van der Waals surface area (Å²) in [5.74, 6) is 0.826. The molecule has 0 radical (unpaired) electrons. The number of hydrogen-bond donors (Lipinski definition) is 2. The lowest BCUT2D eigenvalue weighted by Gasteiger charge is -2.30. The molecule has 1 aliphatic heterocycles. The van der Waals surface area contributed by atoms with Crippen molar-refractivity contribution < 1.29 is 9.53 Å². The number of rotatable bonds is 5. The minimum absolute atomic E-state index is 0.0505. The highest BCUT2D eigenvalue weighted by Crippen LogP contribution is 2.33. The molecule has 0 fully saturated rings. The Morgan fingerprint density at radius 3 is 2.59 bits per heavy atom. The second-order valence-corrected chi connectivity index (χ2v) is 7.55. The minimum Gasteiger partial charge on any atom is -0.493 e. The minimum atomic E-state index is -0.465. The van der Waals surface area contributed by atoms with E-state index in [-0.39, 0.29) is 11.9 Å². The number of para-hydroxylation sites is 1. The standard InChI is InChI=1S/C25H26N2O2/c1-17-12-13-18(2)22(16-17)27-25(28)24(19-8-4-3-5-9-19)26-21-14-15-29-23-11-7-6-10-20(21)23/h3-13,16,21,24,26H,14-15H2,1-2H3,(H,27,28)/t21-,24-/m0/s1. The Labute approximate surface area is 171 Å². The predicted octanol–water partition coefficient (Wildman–Crippen LogP) is 5.10. The zero-order valence-electron chi connectivity index (χ0n) is 16.8. The maximum atomic E-state index is 13.4. The van der Waals surface area contributed by atoms with Gasteiger partial charge in [0.25, 0.3) is 0 Å². The lowest BCUT2D eigenvalue weighted by molar-refractivity contribution is -0.118. The summed E-state index contributed by atoms with van der Waals surface area (Å²) < 4.78 is 5.79. The number of benzene rings is 3. The third-order valence-electron chi connectivity index (χ3n) is 5.37. The highest BCUT2D eigenvalue weighted by atomic mass is 16.5. The number of carbonyl (C=O) groups excluding carboxylic acids is 1. The maximum Gasteiger partial charge on any atom is 0.246 e. The molecule has 4 heteroatoms. The zero-order valence-corrected chi connectivity index (χ0v) is 16.8. The molecular weight excluding hydrogens is 360 g/mol. The van der Waals surface area contributed by atoms with Crippen molar-refractivity contribution in [1.82, 2.24) is 5.32 Å². The van der Waals surface area contributed by atoms with Crippen LogP contribution in [-0.4, -0.2) is 12.5 Å². The van der Waals surface area contributed by atoms with Gasteiger partial charge in [-0.1, -0.05) is 60.7 Å². The molecule has 1 aliphatic rings. The van der Waals surface area contributed by atoms with Crippen LogP contribution in [0, 0.1) is 13.8 Å². The molecule has 4 rings (SSSR count). The molecule has 0 saturated heterocycles. The van der Waals surface area contributed by atoms with Crippen LogP contribution in [0.1, 0.15) is 40.8 Å². The van der Waals surface area contributed by atoms with E-state index in [0.717, 1.165) is 40.1 Å². The molecule has 29 heavy (non-hydrogen) atoms. The average Bonchev–Trinajstić information content (AvgIpc) is 2.75. The van der Waals surface area contributed by atoms with E-state index < -0.39 is 6.04 Å². The summed E-state index contributed by atoms with van der Waals surface area (Å²) in [4.78, 5) is 13.4. The summed E-state index contributed by atoms with van der Waals surface area (Å²) in [7, 11) is 0. The van der Waals surface area contributed by atoms with E-state index in [1.54, 1.807) is 0 Å². The van der Waals surface area contributed by atoms with Crippen LogP contribution in [0.5, 0.6) is 5.75 Å². The first kappa shape index (κ1) is 19.2. The van der Waals surface area contributed by atoms with Gasteiger partial charge < -0.3 is 10.1 Å². The van der Waals surface area contributed by atoms with Gasteiger partial charge in [-0.05, 0) is 42.7 Å². The van der Waals surface area contributed by atoms with E-state index >= 15 is 0 Å². The number of carbonyl (C=O) groups is 1. The molecule has 0 aromatic heterocycles. The summed E-state index contributed by atoms with van der Waals surface area (Å²) in [5.41, 5.74) is 5.06. The van der Waals surface area contributed by atoms with Gasteiger partial charge in [0.15, 0.2) is 0 Å². The van der Waals surface area contributed by atoms with Gasteiger partial charge in [-0.15, -0.1) is 0 Å². The molecule has 2 N–H and O–H groups in total. The van der Waals surface area contributed by atoms with Gasteiger partial charge in [-0.25, -0.2) is 0 Å². The normalized spacial score (nSPS) is 16.4. The van der Waals surface area contributed by atoms with Crippen molar-refractivity contribution in [3.05, 3.63) is 95.1 Å². The van der Waals surface area contributed by atoms with E-state index in [2.05, 4.69) is 22.8 Å². The van der Waals surface area contributed by atoms with Crippen molar-refractivity contribution in [2.24, 2.45) is 0 Å². The Bertz CT molecular complexity index is 1000. The third kappa shape index (κ3) is 4.33. The summed E-state index contributed by atoms with van der Waals surface area (Å²) in [6.07, 6.45) is 0.817. The van der Waals surface area contributed by atoms with Crippen molar-refractivity contribution >= 4 is 11.6 Å². The third-order valence-corrected chi connectivity index (χ3v) is 5.37. The van der Waals surface area contributed by atoms with E-state index in [1.807, 2.05) is 74.5 Å². The van der Waals surface area contributed by atoms with Crippen LogP contribution < -0.4 is 15.4 Å². The summed E-state index contributed by atoms with van der Waals surface area (Å²) in [6, 6.07) is 23.6. The summed E-state index contributed by atoms with van der Waals surface area (Å²) in [5, 5.41) is 6.72. The van der Waals surface area contributed by atoms with Gasteiger partial charge in [0.1, 0.15) is 11.8 Å². The van der Waals surface area contributed by atoms with Crippen molar-refractivity contribution in [3.63, 3.8) is 0 Å². The van der Waals surface area contributed by atoms with Gasteiger partial charge >= 0.3 is 0 Å². The number of hydrogen-bond acceptors (Lipinski definition) is 3. The van der Waals surface area contributed by atoms with Gasteiger partial charge in [0, 0.05) is 23.7 Å². The van der Waals surface area contributed by atoms with Crippen LogP contribution in [0.4, 0.5) is 5.69 Å². The smallest absolute Gasteiger partial charge is 0.246 e. The quantitative estimate of drug-likeness (QED) is 0.642. The first-order valence-corrected chi connectivity index (χ1v) is 10.0. The van der Waals surface area contributed by atoms with Crippen molar-refractivity contribution in [3.8, 4) is 5.75 Å². The fraction of sp³-hybridized carbons (Fsp3) is 0.240. The number of anilines is 1. The van der Waals surface area contributed by atoms with Crippen molar-refractivity contribution in [2.45, 2.75) is 32.4 Å². The second-order valence-electron chi connectivity index (χ2n) is 7.55. The molecule has 1 heterocycles. The second kappa shape index (κ2) is 8.50. The van der Waals surface area contributed by atoms with E-state index in [0.29, 0.717) is 6.61 Å². The number of fused-ring (bicyclic) bond motifs is 1. The van der Waals surface area contributed by atoms with Crippen molar-refractivity contribution in [2.75, 3.05) is 11.9 Å². The van der Waals surface area contributed by atoms with Crippen LogP contribution in [0.3, 0.4) is 0 Å². The molecule has 0 aliphatic carbocycles. The summed E-state index contributed by atoms with van der Waals surface area (Å²) >= 11 is 0. The Morgan fingerprint density at radius 1 is 1.00 bits per heavy atom. The fourth-order valence-electron chi connectivity index (χ4n) is 3.76. The van der Waals surface area contributed by atoms with Crippen LogP contribution in [0.15, 0.2) is 72.8 Å². The molecule has 2 atom stereocenters. The van der Waals surface area contributed by atoms with Crippen LogP contribution in [0.2, 0.25) is 0 Å². The van der Waals surface area contributed by atoms with E-state index in [9.17, 15) is 4.79 Å².